The van der Waals surface area contributed by atoms with Crippen molar-refractivity contribution in [3.63, 3.8) is 0 Å². The van der Waals surface area contributed by atoms with Crippen molar-refractivity contribution in [1.29, 1.82) is 0 Å². The standard InChI is InChI=1S/C31H36ClN7O5/c1-34-30(40)25-18-36-26(32)17-22(25)11-14-35-28-20(13-16-43-19-24-5-4-6-27(37-24)44-31(33)41)7-8-21(29(28)42-3)9-10-23-12-15-39(2)38-23/h4-8,12,15,17-18,35H,9-11,13-14,16,19H2,1-3H3,(H2,33,41)(H,34,40). The summed E-state index contributed by atoms with van der Waals surface area (Å²) in [6, 6.07) is 12.9. The average molecular weight is 622 g/mol. The summed E-state index contributed by atoms with van der Waals surface area (Å²) in [5, 5.41) is 11.0. The van der Waals surface area contributed by atoms with E-state index in [0.29, 0.717) is 42.4 Å². The topological polar surface area (TPSA) is 156 Å². The highest BCUT2D eigenvalue weighted by atomic mass is 35.5. The molecule has 2 amide bonds. The fraction of sp³-hybridized carbons (Fsp3) is 0.323. The fourth-order valence-corrected chi connectivity index (χ4v) is 4.93. The number of amides is 2. The van der Waals surface area contributed by atoms with Crippen molar-refractivity contribution >= 4 is 29.3 Å². The van der Waals surface area contributed by atoms with Gasteiger partial charge < -0.3 is 30.6 Å². The molecule has 0 spiro atoms. The van der Waals surface area contributed by atoms with Gasteiger partial charge in [0.25, 0.3) is 5.91 Å². The van der Waals surface area contributed by atoms with Crippen molar-refractivity contribution < 1.29 is 23.8 Å². The SMILES string of the molecule is CNC(=O)c1cnc(Cl)cc1CCNc1c(CCOCc2cccc(OC(N)=O)n2)ccc(CCc2ccn(C)n2)c1OC. The monoisotopic (exact) mass is 621 g/mol. The fourth-order valence-electron chi connectivity index (χ4n) is 4.75. The molecule has 1 aromatic carbocycles. The molecule has 3 aromatic heterocycles. The minimum Gasteiger partial charge on any atom is -0.494 e. The zero-order valence-corrected chi connectivity index (χ0v) is 25.7. The number of benzene rings is 1. The highest BCUT2D eigenvalue weighted by molar-refractivity contribution is 6.29. The molecule has 0 aliphatic rings. The molecule has 4 N–H and O–H groups in total. The number of nitrogens with one attached hydrogen (secondary N) is 2. The molecule has 0 radical (unpaired) electrons. The predicted octanol–water partition coefficient (Wildman–Crippen LogP) is 3.89. The van der Waals surface area contributed by atoms with Gasteiger partial charge in [0.1, 0.15) is 10.9 Å². The van der Waals surface area contributed by atoms with Gasteiger partial charge in [-0.2, -0.15) is 5.10 Å². The number of rotatable bonds is 15. The number of nitrogens with zero attached hydrogens (tertiary/aromatic N) is 4. The molecular formula is C31H36ClN7O5. The summed E-state index contributed by atoms with van der Waals surface area (Å²) in [5.74, 6) is 0.638. The maximum Gasteiger partial charge on any atom is 0.411 e. The van der Waals surface area contributed by atoms with Crippen LogP contribution >= 0.6 is 11.6 Å². The smallest absolute Gasteiger partial charge is 0.411 e. The number of carbonyl (C=O) groups is 2. The van der Waals surface area contributed by atoms with Gasteiger partial charge in [-0.25, -0.2) is 14.8 Å². The number of nitrogens with two attached hydrogens (primary N) is 1. The quantitative estimate of drug-likeness (QED) is 0.132. The van der Waals surface area contributed by atoms with Crippen LogP contribution in [-0.2, 0) is 44.1 Å². The Morgan fingerprint density at radius 2 is 1.84 bits per heavy atom. The summed E-state index contributed by atoms with van der Waals surface area (Å²) in [7, 11) is 5.14. The summed E-state index contributed by atoms with van der Waals surface area (Å²) in [6.45, 7) is 1.13. The number of hydrogen-bond donors (Lipinski definition) is 3. The minimum atomic E-state index is -0.926. The molecule has 0 aliphatic carbocycles. The van der Waals surface area contributed by atoms with Crippen LogP contribution in [0, 0.1) is 0 Å². The van der Waals surface area contributed by atoms with Crippen LogP contribution in [0.25, 0.3) is 0 Å². The number of carbonyl (C=O) groups excluding carboxylic acids is 2. The average Bonchev–Trinajstić information content (AvgIpc) is 3.43. The summed E-state index contributed by atoms with van der Waals surface area (Å²) in [5.41, 5.74) is 10.8. The zero-order valence-electron chi connectivity index (χ0n) is 24.9. The van der Waals surface area contributed by atoms with Crippen LogP contribution in [-0.4, -0.2) is 59.1 Å². The summed E-state index contributed by atoms with van der Waals surface area (Å²) < 4.78 is 18.5. The molecule has 0 aliphatic heterocycles. The number of ether oxygens (including phenoxy) is 3. The van der Waals surface area contributed by atoms with Crippen LogP contribution in [0.2, 0.25) is 5.15 Å². The van der Waals surface area contributed by atoms with Gasteiger partial charge in [-0.15, -0.1) is 0 Å². The first-order chi connectivity index (χ1) is 21.3. The highest BCUT2D eigenvalue weighted by Crippen LogP contribution is 2.34. The van der Waals surface area contributed by atoms with Gasteiger partial charge in [0, 0.05) is 39.1 Å². The van der Waals surface area contributed by atoms with E-state index in [4.69, 9.17) is 31.5 Å². The van der Waals surface area contributed by atoms with Crippen LogP contribution in [0.1, 0.15) is 38.4 Å². The van der Waals surface area contributed by atoms with Crippen molar-refractivity contribution in [3.8, 4) is 11.6 Å². The molecule has 0 atom stereocenters. The first-order valence-electron chi connectivity index (χ1n) is 14.1. The second kappa shape index (κ2) is 15.7. The van der Waals surface area contributed by atoms with Crippen molar-refractivity contribution in [2.75, 3.05) is 32.6 Å². The van der Waals surface area contributed by atoms with Gasteiger partial charge in [-0.05, 0) is 60.6 Å². The van der Waals surface area contributed by atoms with E-state index in [2.05, 4.69) is 37.8 Å². The Balaban J connectivity index is 1.50. The van der Waals surface area contributed by atoms with Gasteiger partial charge in [-0.3, -0.25) is 9.48 Å². The predicted molar refractivity (Wildman–Crippen MR) is 166 cm³/mol. The van der Waals surface area contributed by atoms with E-state index in [9.17, 15) is 9.59 Å². The molecular weight excluding hydrogens is 586 g/mol. The molecule has 3 heterocycles. The Bertz CT molecular complexity index is 1590. The molecule has 0 bridgehead atoms. The van der Waals surface area contributed by atoms with E-state index in [0.717, 1.165) is 46.7 Å². The number of aromatic nitrogens is 4. The second-order valence-electron chi connectivity index (χ2n) is 9.88. The lowest BCUT2D eigenvalue weighted by molar-refractivity contribution is 0.0961. The van der Waals surface area contributed by atoms with Crippen LogP contribution in [0.5, 0.6) is 11.6 Å². The first kappa shape index (κ1) is 32.2. The Labute approximate surface area is 260 Å². The lowest BCUT2D eigenvalue weighted by Gasteiger charge is -2.20. The Morgan fingerprint density at radius 3 is 2.57 bits per heavy atom. The molecule has 4 aromatic rings. The molecule has 0 unspecified atom stereocenters. The third-order valence-electron chi connectivity index (χ3n) is 6.83. The number of hydrogen-bond acceptors (Lipinski definition) is 9. The third kappa shape index (κ3) is 8.91. The Kier molecular flexibility index (Phi) is 11.5. The van der Waals surface area contributed by atoms with E-state index >= 15 is 0 Å². The molecule has 4 rings (SSSR count). The lowest BCUT2D eigenvalue weighted by Crippen LogP contribution is -2.21. The van der Waals surface area contributed by atoms with E-state index in [1.807, 2.05) is 19.3 Å². The van der Waals surface area contributed by atoms with Crippen molar-refractivity contribution in [2.45, 2.75) is 32.3 Å². The van der Waals surface area contributed by atoms with E-state index in [-0.39, 0.29) is 18.4 Å². The first-order valence-corrected chi connectivity index (χ1v) is 14.4. The highest BCUT2D eigenvalue weighted by Gasteiger charge is 2.17. The van der Waals surface area contributed by atoms with Crippen molar-refractivity contribution in [1.82, 2.24) is 25.1 Å². The van der Waals surface area contributed by atoms with Crippen molar-refractivity contribution in [3.05, 3.63) is 93.7 Å². The van der Waals surface area contributed by atoms with Crippen LogP contribution < -0.4 is 25.8 Å². The lowest BCUT2D eigenvalue weighted by atomic mass is 10.00. The molecule has 232 valence electrons. The second-order valence-corrected chi connectivity index (χ2v) is 10.3. The number of halogens is 1. The van der Waals surface area contributed by atoms with Gasteiger partial charge >= 0.3 is 6.09 Å². The maximum atomic E-state index is 12.4. The number of methoxy groups -OCH3 is 1. The van der Waals surface area contributed by atoms with Gasteiger partial charge in [0.15, 0.2) is 0 Å². The summed E-state index contributed by atoms with van der Waals surface area (Å²) in [6.07, 6.45) is 5.10. The number of pyridine rings is 2. The van der Waals surface area contributed by atoms with Crippen LogP contribution in [0.15, 0.2) is 54.9 Å². The van der Waals surface area contributed by atoms with E-state index in [1.165, 1.54) is 6.20 Å². The van der Waals surface area contributed by atoms with Gasteiger partial charge in [-0.1, -0.05) is 29.8 Å². The zero-order chi connectivity index (χ0) is 31.5. The normalized spacial score (nSPS) is 10.8. The largest absolute Gasteiger partial charge is 0.494 e. The van der Waals surface area contributed by atoms with E-state index in [1.54, 1.807) is 43.1 Å². The van der Waals surface area contributed by atoms with Gasteiger partial charge in [0.2, 0.25) is 5.88 Å². The number of anilines is 1. The Hall–Kier alpha value is -4.68. The molecule has 12 nitrogen and oxygen atoms in total. The number of primary amides is 1. The summed E-state index contributed by atoms with van der Waals surface area (Å²) >= 11 is 6.15. The maximum absolute atomic E-state index is 12.4. The van der Waals surface area contributed by atoms with E-state index < -0.39 is 6.09 Å². The minimum absolute atomic E-state index is 0.117. The van der Waals surface area contributed by atoms with Crippen LogP contribution in [0.3, 0.4) is 0 Å². The molecule has 0 saturated carbocycles. The Morgan fingerprint density at radius 1 is 1.02 bits per heavy atom. The molecule has 13 heteroatoms. The molecule has 0 saturated heterocycles. The third-order valence-corrected chi connectivity index (χ3v) is 7.03. The van der Waals surface area contributed by atoms with Gasteiger partial charge in [0.05, 0.1) is 43.0 Å². The molecule has 0 fully saturated rings. The van der Waals surface area contributed by atoms with Crippen molar-refractivity contribution in [2.24, 2.45) is 12.8 Å². The van der Waals surface area contributed by atoms with Crippen LogP contribution in [0.4, 0.5) is 10.5 Å². The number of aryl methyl sites for hydroxylation is 3. The summed E-state index contributed by atoms with van der Waals surface area (Å²) in [4.78, 5) is 31.7. The molecule has 44 heavy (non-hydrogen) atoms.